The van der Waals surface area contributed by atoms with Gasteiger partial charge >= 0.3 is 6.03 Å². The number of hydrogen-bond acceptors (Lipinski definition) is 6. The Labute approximate surface area is 201 Å². The molecule has 1 N–H and O–H groups in total. The average molecular weight is 473 g/mol. The molecule has 1 unspecified atom stereocenters. The number of nitrogens with one attached hydrogen (secondary N) is 1. The molecular formula is C26H24N4O3S. The highest BCUT2D eigenvalue weighted by atomic mass is 32.1. The second-order valence-corrected chi connectivity index (χ2v) is 9.15. The number of nitrogens with zero attached hydrogens (tertiary/aromatic N) is 3. The van der Waals surface area contributed by atoms with Crippen LogP contribution in [0.25, 0.3) is 17.0 Å². The highest BCUT2D eigenvalue weighted by Crippen LogP contribution is 2.38. The number of allylic oxidation sites excluding steroid dienone is 1. The second kappa shape index (κ2) is 9.15. The van der Waals surface area contributed by atoms with Gasteiger partial charge in [0.2, 0.25) is 5.82 Å². The molecule has 0 aliphatic carbocycles. The van der Waals surface area contributed by atoms with E-state index < -0.39 is 6.04 Å². The monoisotopic (exact) mass is 472 g/mol. The molecule has 5 rings (SSSR count). The third-order valence-electron chi connectivity index (χ3n) is 5.88. The van der Waals surface area contributed by atoms with Gasteiger partial charge in [-0.05, 0) is 43.0 Å². The third kappa shape index (κ3) is 4.20. The Bertz CT molecular complexity index is 1340. The van der Waals surface area contributed by atoms with Crippen LogP contribution in [0.5, 0.6) is 5.75 Å². The Morgan fingerprint density at radius 1 is 1.12 bits per heavy atom. The molecule has 2 aromatic heterocycles. The van der Waals surface area contributed by atoms with Gasteiger partial charge < -0.3 is 14.6 Å². The van der Waals surface area contributed by atoms with Crippen molar-refractivity contribution in [2.45, 2.75) is 26.4 Å². The van der Waals surface area contributed by atoms with Crippen molar-refractivity contribution in [1.82, 2.24) is 20.4 Å². The number of aryl methyl sites for hydroxylation is 1. The van der Waals surface area contributed by atoms with Crippen molar-refractivity contribution >= 4 is 22.9 Å². The zero-order valence-corrected chi connectivity index (χ0v) is 19.9. The van der Waals surface area contributed by atoms with Crippen molar-refractivity contribution in [2.75, 3.05) is 7.11 Å². The topological polar surface area (TPSA) is 80.5 Å². The maximum absolute atomic E-state index is 13.2. The van der Waals surface area contributed by atoms with E-state index in [1.807, 2.05) is 79.9 Å². The Hall–Kier alpha value is -3.91. The molecule has 172 valence electrons. The molecule has 8 heteroatoms. The first-order valence-corrected chi connectivity index (χ1v) is 11.8. The quantitative estimate of drug-likeness (QED) is 0.383. The number of carbonyl (C=O) groups excluding carboxylic acids is 1. The molecule has 0 spiro atoms. The first kappa shape index (κ1) is 21.9. The Balaban J connectivity index is 1.60. The highest BCUT2D eigenvalue weighted by molar-refractivity contribution is 7.09. The van der Waals surface area contributed by atoms with Crippen LogP contribution >= 0.6 is 11.3 Å². The van der Waals surface area contributed by atoms with Gasteiger partial charge in [-0.2, -0.15) is 4.98 Å². The molecule has 0 fully saturated rings. The number of ether oxygens (including phenoxy) is 1. The molecule has 0 bridgehead atoms. The number of methoxy groups -OCH3 is 1. The summed E-state index contributed by atoms with van der Waals surface area (Å²) in [6, 6.07) is 18.9. The molecule has 1 aliphatic heterocycles. The summed E-state index contributed by atoms with van der Waals surface area (Å²) in [7, 11) is 1.62. The van der Waals surface area contributed by atoms with E-state index in [0.29, 0.717) is 24.0 Å². The number of thiophene rings is 1. The van der Waals surface area contributed by atoms with Crippen molar-refractivity contribution in [1.29, 1.82) is 0 Å². The number of aromatic nitrogens is 2. The minimum Gasteiger partial charge on any atom is -0.497 e. The SMILES string of the molecule is COc1cccc(C2NC(=O)N(Cc3cccs3)C(C)=C2c2nc(-c3ccc(C)cc3)no2)c1. The molecule has 0 saturated heterocycles. The first-order valence-electron chi connectivity index (χ1n) is 10.9. The lowest BCUT2D eigenvalue weighted by Gasteiger charge is -2.35. The molecule has 2 aromatic carbocycles. The van der Waals surface area contributed by atoms with E-state index in [2.05, 4.69) is 10.5 Å². The van der Waals surface area contributed by atoms with Gasteiger partial charge in [-0.1, -0.05) is 53.2 Å². The summed E-state index contributed by atoms with van der Waals surface area (Å²) in [5, 5.41) is 9.37. The smallest absolute Gasteiger partial charge is 0.322 e. The van der Waals surface area contributed by atoms with Gasteiger partial charge in [0.15, 0.2) is 0 Å². The Morgan fingerprint density at radius 3 is 2.68 bits per heavy atom. The maximum Gasteiger partial charge on any atom is 0.322 e. The fourth-order valence-corrected chi connectivity index (χ4v) is 4.72. The number of rotatable bonds is 6. The zero-order valence-electron chi connectivity index (χ0n) is 19.1. The standard InChI is InChI=1S/C26H24N4O3S/c1-16-9-11-18(12-10-16)24-28-25(33-29-24)22-17(2)30(15-21-8-5-13-34-21)26(31)27-23(22)19-6-4-7-20(14-19)32-3/h4-14,23H,15H2,1-3H3,(H,27,31). The number of carbonyl (C=O) groups is 1. The molecule has 0 saturated carbocycles. The summed E-state index contributed by atoms with van der Waals surface area (Å²) >= 11 is 1.61. The fourth-order valence-electron chi connectivity index (χ4n) is 4.03. The van der Waals surface area contributed by atoms with Gasteiger partial charge in [-0.3, -0.25) is 4.90 Å². The van der Waals surface area contributed by atoms with Crippen LogP contribution in [0.1, 0.15) is 34.9 Å². The number of hydrogen-bond donors (Lipinski definition) is 1. The van der Waals surface area contributed by atoms with E-state index in [9.17, 15) is 4.79 Å². The average Bonchev–Trinajstić information content (AvgIpc) is 3.54. The first-order chi connectivity index (χ1) is 16.5. The summed E-state index contributed by atoms with van der Waals surface area (Å²) in [4.78, 5) is 20.7. The van der Waals surface area contributed by atoms with Crippen molar-refractivity contribution in [3.63, 3.8) is 0 Å². The van der Waals surface area contributed by atoms with Crippen LogP contribution < -0.4 is 10.1 Å². The molecule has 3 heterocycles. The lowest BCUT2D eigenvalue weighted by molar-refractivity contribution is 0.203. The fraction of sp³-hybridized carbons (Fsp3) is 0.192. The van der Waals surface area contributed by atoms with Gasteiger partial charge in [-0.25, -0.2) is 4.79 Å². The summed E-state index contributed by atoms with van der Waals surface area (Å²) in [5.41, 5.74) is 4.42. The van der Waals surface area contributed by atoms with Crippen LogP contribution in [0.15, 0.2) is 76.3 Å². The van der Waals surface area contributed by atoms with E-state index in [4.69, 9.17) is 14.2 Å². The van der Waals surface area contributed by atoms with E-state index in [1.54, 1.807) is 23.3 Å². The van der Waals surface area contributed by atoms with Crippen LogP contribution in [0.4, 0.5) is 4.79 Å². The summed E-state index contributed by atoms with van der Waals surface area (Å²) < 4.78 is 11.2. The van der Waals surface area contributed by atoms with Gasteiger partial charge in [0.25, 0.3) is 5.89 Å². The largest absolute Gasteiger partial charge is 0.497 e. The van der Waals surface area contributed by atoms with E-state index in [0.717, 1.165) is 32.8 Å². The van der Waals surface area contributed by atoms with Crippen LogP contribution in [-0.2, 0) is 6.54 Å². The molecule has 1 atom stereocenters. The molecule has 1 aliphatic rings. The summed E-state index contributed by atoms with van der Waals surface area (Å²) in [6.07, 6.45) is 0. The lowest BCUT2D eigenvalue weighted by Crippen LogP contribution is -2.45. The van der Waals surface area contributed by atoms with Crippen molar-refractivity contribution in [2.24, 2.45) is 0 Å². The molecule has 0 radical (unpaired) electrons. The minimum absolute atomic E-state index is 0.180. The van der Waals surface area contributed by atoms with Gasteiger partial charge in [0, 0.05) is 16.1 Å². The summed E-state index contributed by atoms with van der Waals surface area (Å²) in [6.45, 7) is 4.42. The molecule has 34 heavy (non-hydrogen) atoms. The van der Waals surface area contributed by atoms with Gasteiger partial charge in [0.05, 0.1) is 25.3 Å². The van der Waals surface area contributed by atoms with Gasteiger partial charge in [-0.15, -0.1) is 11.3 Å². The van der Waals surface area contributed by atoms with Crippen LogP contribution in [0.3, 0.4) is 0 Å². The maximum atomic E-state index is 13.2. The molecular weight excluding hydrogens is 448 g/mol. The third-order valence-corrected chi connectivity index (χ3v) is 6.74. The predicted octanol–water partition coefficient (Wildman–Crippen LogP) is 5.81. The van der Waals surface area contributed by atoms with Gasteiger partial charge in [0.1, 0.15) is 5.75 Å². The number of urea groups is 1. The van der Waals surface area contributed by atoms with Crippen molar-refractivity contribution in [3.05, 3.63) is 93.6 Å². The normalized spacial score (nSPS) is 16.0. The van der Waals surface area contributed by atoms with Crippen molar-refractivity contribution in [3.8, 4) is 17.1 Å². The Morgan fingerprint density at radius 2 is 1.94 bits per heavy atom. The van der Waals surface area contributed by atoms with Crippen molar-refractivity contribution < 1.29 is 14.1 Å². The number of benzene rings is 2. The Kier molecular flexibility index (Phi) is 5.90. The van der Waals surface area contributed by atoms with E-state index in [-0.39, 0.29) is 6.03 Å². The predicted molar refractivity (Wildman–Crippen MR) is 131 cm³/mol. The van der Waals surface area contributed by atoms with Crippen LogP contribution in [-0.4, -0.2) is 28.2 Å². The lowest BCUT2D eigenvalue weighted by atomic mass is 9.94. The second-order valence-electron chi connectivity index (χ2n) is 8.11. The van der Waals surface area contributed by atoms with Crippen LogP contribution in [0, 0.1) is 6.92 Å². The minimum atomic E-state index is -0.464. The molecule has 7 nitrogen and oxygen atoms in total. The zero-order chi connectivity index (χ0) is 23.7. The molecule has 4 aromatic rings. The summed E-state index contributed by atoms with van der Waals surface area (Å²) in [5.74, 6) is 1.58. The molecule has 2 amide bonds. The van der Waals surface area contributed by atoms with E-state index in [1.165, 1.54) is 0 Å². The van der Waals surface area contributed by atoms with E-state index >= 15 is 0 Å². The van der Waals surface area contributed by atoms with Crippen LogP contribution in [0.2, 0.25) is 0 Å². The number of amides is 2. The highest BCUT2D eigenvalue weighted by Gasteiger charge is 2.36.